The van der Waals surface area contributed by atoms with E-state index >= 15 is 0 Å². The summed E-state index contributed by atoms with van der Waals surface area (Å²) in [6.45, 7) is 19.4. The van der Waals surface area contributed by atoms with Crippen LogP contribution in [-0.4, -0.2) is 35.2 Å². The van der Waals surface area contributed by atoms with E-state index in [0.29, 0.717) is 0 Å². The zero-order valence-corrected chi connectivity index (χ0v) is 16.2. The number of carbonyl (C=O) groups is 1. The molecule has 1 atom stereocenters. The maximum absolute atomic E-state index is 12.4. The molecule has 0 aromatic rings. The van der Waals surface area contributed by atoms with Gasteiger partial charge in [0.2, 0.25) is 0 Å². The van der Waals surface area contributed by atoms with E-state index in [9.17, 15) is 4.79 Å². The summed E-state index contributed by atoms with van der Waals surface area (Å²) >= 11 is 0. The lowest BCUT2D eigenvalue weighted by Crippen LogP contribution is -2.49. The monoisotopic (exact) mass is 314 g/mol. The topological polar surface area (TPSA) is 50.4 Å². The van der Waals surface area contributed by atoms with Crippen LogP contribution in [0.5, 0.6) is 0 Å². The van der Waals surface area contributed by atoms with Crippen LogP contribution in [0.1, 0.15) is 81.6 Å². The molecule has 0 fully saturated rings. The largest absolute Gasteiger partial charge is 0.459 e. The molecule has 132 valence electrons. The van der Waals surface area contributed by atoms with Crippen molar-refractivity contribution in [3.63, 3.8) is 0 Å². The third-order valence-corrected chi connectivity index (χ3v) is 2.87. The van der Waals surface area contributed by atoms with Crippen LogP contribution in [0.4, 0.5) is 0 Å². The normalized spacial score (nSPS) is 14.8. The van der Waals surface area contributed by atoms with Gasteiger partial charge >= 0.3 is 5.97 Å². The van der Waals surface area contributed by atoms with Crippen LogP contribution in [0.15, 0.2) is 0 Å². The quantitative estimate of drug-likeness (QED) is 0.556. The second-order valence-electron chi connectivity index (χ2n) is 9.15. The summed E-state index contributed by atoms with van der Waals surface area (Å²) in [5.41, 5.74) is -0.401. The molecule has 0 bridgehead atoms. The third-order valence-electron chi connectivity index (χ3n) is 2.87. The standard InChI is InChI=1S/C18H38N2O2/c1-16(2,3)19-13-11-10-12-14(20-17(4,5)6)15(21)22-18(7,8)9/h14,19-20H,10-13H2,1-9H3. The average Bonchev–Trinajstić information content (AvgIpc) is 2.21. The lowest BCUT2D eigenvalue weighted by atomic mass is 10.0. The first-order valence-electron chi connectivity index (χ1n) is 8.45. The van der Waals surface area contributed by atoms with Crippen LogP contribution in [0, 0.1) is 0 Å². The van der Waals surface area contributed by atoms with Gasteiger partial charge in [-0.1, -0.05) is 6.42 Å². The van der Waals surface area contributed by atoms with Crippen molar-refractivity contribution in [2.24, 2.45) is 0 Å². The summed E-state index contributed by atoms with van der Waals surface area (Å²) in [6, 6.07) is -0.242. The molecule has 2 N–H and O–H groups in total. The molecule has 4 nitrogen and oxygen atoms in total. The van der Waals surface area contributed by atoms with Gasteiger partial charge in [0.05, 0.1) is 0 Å². The summed E-state index contributed by atoms with van der Waals surface area (Å²) in [4.78, 5) is 12.4. The summed E-state index contributed by atoms with van der Waals surface area (Å²) in [5.74, 6) is -0.147. The second kappa shape index (κ2) is 8.30. The highest BCUT2D eigenvalue weighted by atomic mass is 16.6. The molecule has 0 aromatic carbocycles. The van der Waals surface area contributed by atoms with Gasteiger partial charge in [0.25, 0.3) is 0 Å². The molecule has 0 aliphatic heterocycles. The fourth-order valence-corrected chi connectivity index (χ4v) is 2.08. The maximum Gasteiger partial charge on any atom is 0.323 e. The van der Waals surface area contributed by atoms with Gasteiger partial charge in [-0.25, -0.2) is 0 Å². The Morgan fingerprint density at radius 1 is 0.909 bits per heavy atom. The Kier molecular flexibility index (Phi) is 8.07. The van der Waals surface area contributed by atoms with Crippen LogP contribution < -0.4 is 10.6 Å². The van der Waals surface area contributed by atoms with Gasteiger partial charge < -0.3 is 10.1 Å². The van der Waals surface area contributed by atoms with E-state index in [-0.39, 0.29) is 23.1 Å². The smallest absolute Gasteiger partial charge is 0.323 e. The number of esters is 1. The minimum Gasteiger partial charge on any atom is -0.459 e. The van der Waals surface area contributed by atoms with Crippen LogP contribution >= 0.6 is 0 Å². The van der Waals surface area contributed by atoms with Crippen molar-refractivity contribution < 1.29 is 9.53 Å². The number of hydrogen-bond donors (Lipinski definition) is 2. The van der Waals surface area contributed by atoms with Crippen LogP contribution in [0.2, 0.25) is 0 Å². The number of unbranched alkanes of at least 4 members (excludes halogenated alkanes) is 1. The second-order valence-corrected chi connectivity index (χ2v) is 9.15. The molecule has 22 heavy (non-hydrogen) atoms. The molecular formula is C18H38N2O2. The highest BCUT2D eigenvalue weighted by molar-refractivity contribution is 5.76. The van der Waals surface area contributed by atoms with E-state index in [0.717, 1.165) is 25.8 Å². The fraction of sp³-hybridized carbons (Fsp3) is 0.944. The fourth-order valence-electron chi connectivity index (χ4n) is 2.08. The molecule has 0 aliphatic rings. The number of hydrogen-bond acceptors (Lipinski definition) is 4. The first kappa shape index (κ1) is 21.4. The Morgan fingerprint density at radius 3 is 1.86 bits per heavy atom. The van der Waals surface area contributed by atoms with Gasteiger partial charge in [-0.15, -0.1) is 0 Å². The molecule has 0 radical (unpaired) electrons. The summed E-state index contributed by atoms with van der Waals surface area (Å²) < 4.78 is 5.54. The number of carbonyl (C=O) groups excluding carboxylic acids is 1. The van der Waals surface area contributed by atoms with Crippen molar-refractivity contribution in [1.29, 1.82) is 0 Å². The molecule has 0 amide bonds. The Labute approximate surface area is 137 Å². The third kappa shape index (κ3) is 13.1. The van der Waals surface area contributed by atoms with E-state index < -0.39 is 5.60 Å². The van der Waals surface area contributed by atoms with Gasteiger partial charge in [0.1, 0.15) is 11.6 Å². The SMILES string of the molecule is CC(C)(C)NCCCCC(NC(C)(C)C)C(=O)OC(C)(C)C. The highest BCUT2D eigenvalue weighted by Crippen LogP contribution is 2.14. The minimum absolute atomic E-state index is 0.106. The van der Waals surface area contributed by atoms with Crippen molar-refractivity contribution in [3.8, 4) is 0 Å². The van der Waals surface area contributed by atoms with E-state index in [1.54, 1.807) is 0 Å². The molecule has 4 heteroatoms. The Bertz CT molecular complexity index is 332. The number of rotatable bonds is 7. The van der Waals surface area contributed by atoms with Crippen LogP contribution in [-0.2, 0) is 9.53 Å². The van der Waals surface area contributed by atoms with Crippen molar-refractivity contribution >= 4 is 5.97 Å². The lowest BCUT2D eigenvalue weighted by molar-refractivity contribution is -0.158. The summed E-state index contributed by atoms with van der Waals surface area (Å²) in [5, 5.41) is 6.87. The first-order valence-corrected chi connectivity index (χ1v) is 8.45. The Morgan fingerprint density at radius 2 is 1.45 bits per heavy atom. The van der Waals surface area contributed by atoms with Gasteiger partial charge in [-0.3, -0.25) is 10.1 Å². The Balaban J connectivity index is 4.40. The maximum atomic E-state index is 12.4. The van der Waals surface area contributed by atoms with E-state index in [2.05, 4.69) is 52.2 Å². The number of nitrogens with one attached hydrogen (secondary N) is 2. The molecule has 0 heterocycles. The van der Waals surface area contributed by atoms with Crippen molar-refractivity contribution in [2.45, 2.75) is 104 Å². The minimum atomic E-state index is -0.442. The van der Waals surface area contributed by atoms with Crippen molar-refractivity contribution in [1.82, 2.24) is 10.6 Å². The van der Waals surface area contributed by atoms with Gasteiger partial charge in [0, 0.05) is 11.1 Å². The molecule has 0 saturated heterocycles. The Hall–Kier alpha value is -0.610. The molecule has 0 rings (SSSR count). The molecule has 0 spiro atoms. The summed E-state index contributed by atoms with van der Waals surface area (Å²) in [6.07, 6.45) is 2.86. The van der Waals surface area contributed by atoms with Gasteiger partial charge in [-0.05, 0) is 81.7 Å². The van der Waals surface area contributed by atoms with Crippen molar-refractivity contribution in [2.75, 3.05) is 6.54 Å². The molecular weight excluding hydrogens is 276 g/mol. The van der Waals surface area contributed by atoms with E-state index in [4.69, 9.17) is 4.74 Å². The van der Waals surface area contributed by atoms with Crippen molar-refractivity contribution in [3.05, 3.63) is 0 Å². The molecule has 0 saturated carbocycles. The van der Waals surface area contributed by atoms with E-state index in [1.165, 1.54) is 0 Å². The molecule has 1 unspecified atom stereocenters. The number of ether oxygens (including phenoxy) is 1. The molecule has 0 aliphatic carbocycles. The van der Waals surface area contributed by atoms with Gasteiger partial charge in [-0.2, -0.15) is 0 Å². The van der Waals surface area contributed by atoms with Crippen LogP contribution in [0.3, 0.4) is 0 Å². The lowest BCUT2D eigenvalue weighted by Gasteiger charge is -2.30. The predicted molar refractivity (Wildman–Crippen MR) is 94.1 cm³/mol. The van der Waals surface area contributed by atoms with E-state index in [1.807, 2.05) is 20.8 Å². The van der Waals surface area contributed by atoms with Crippen LogP contribution in [0.25, 0.3) is 0 Å². The summed E-state index contributed by atoms with van der Waals surface area (Å²) in [7, 11) is 0. The average molecular weight is 315 g/mol. The highest BCUT2D eigenvalue weighted by Gasteiger charge is 2.27. The first-order chi connectivity index (χ1) is 9.70. The molecule has 0 aromatic heterocycles. The zero-order chi connectivity index (χ0) is 17.6. The predicted octanol–water partition coefficient (Wildman–Crippen LogP) is 3.64. The zero-order valence-electron chi connectivity index (χ0n) is 16.2. The van der Waals surface area contributed by atoms with Gasteiger partial charge in [0.15, 0.2) is 0 Å².